The number of anilines is 1. The third kappa shape index (κ3) is 3.82. The van der Waals surface area contributed by atoms with Crippen molar-refractivity contribution in [1.82, 2.24) is 0 Å². The van der Waals surface area contributed by atoms with Gasteiger partial charge in [-0.1, -0.05) is 29.8 Å². The van der Waals surface area contributed by atoms with Crippen molar-refractivity contribution in [2.24, 2.45) is 0 Å². The minimum atomic E-state index is -4.37. The Balaban J connectivity index is 2.15. The minimum absolute atomic E-state index is 0.0539. The number of hydrogen-bond acceptors (Lipinski definition) is 2. The molecule has 112 valence electrons. The molecule has 2 aromatic rings. The lowest BCUT2D eigenvalue weighted by Gasteiger charge is -2.14. The lowest BCUT2D eigenvalue weighted by Crippen LogP contribution is -2.11. The highest BCUT2D eigenvalue weighted by molar-refractivity contribution is 6.32. The fourth-order valence-electron chi connectivity index (χ4n) is 1.92. The van der Waals surface area contributed by atoms with Crippen LogP contribution in [-0.4, -0.2) is 7.11 Å². The van der Waals surface area contributed by atoms with Gasteiger partial charge in [-0.25, -0.2) is 0 Å². The molecule has 2 nitrogen and oxygen atoms in total. The van der Waals surface area contributed by atoms with Gasteiger partial charge in [0.15, 0.2) is 0 Å². The predicted molar refractivity (Wildman–Crippen MR) is 76.8 cm³/mol. The monoisotopic (exact) mass is 315 g/mol. The number of nitrogens with one attached hydrogen (secondary N) is 1. The van der Waals surface area contributed by atoms with Gasteiger partial charge in [-0.3, -0.25) is 0 Å². The molecular formula is C15H13ClF3NO. The first-order valence-electron chi connectivity index (χ1n) is 6.14. The maximum absolute atomic E-state index is 12.9. The van der Waals surface area contributed by atoms with E-state index in [1.807, 2.05) is 0 Å². The molecule has 0 aliphatic rings. The van der Waals surface area contributed by atoms with Crippen molar-refractivity contribution in [3.05, 3.63) is 58.6 Å². The van der Waals surface area contributed by atoms with Gasteiger partial charge in [-0.15, -0.1) is 0 Å². The molecule has 0 fully saturated rings. The van der Waals surface area contributed by atoms with E-state index in [1.54, 1.807) is 24.3 Å². The Hall–Kier alpha value is -1.88. The van der Waals surface area contributed by atoms with Crippen LogP contribution in [-0.2, 0) is 12.7 Å². The molecule has 21 heavy (non-hydrogen) atoms. The van der Waals surface area contributed by atoms with E-state index in [1.165, 1.54) is 19.2 Å². The Bertz CT molecular complexity index is 629. The van der Waals surface area contributed by atoms with Gasteiger partial charge in [0.05, 0.1) is 17.7 Å². The second-order valence-electron chi connectivity index (χ2n) is 4.36. The summed E-state index contributed by atoms with van der Waals surface area (Å²) in [5.74, 6) is 0.512. The highest BCUT2D eigenvalue weighted by Gasteiger charge is 2.32. The third-order valence-corrected chi connectivity index (χ3v) is 3.25. The van der Waals surface area contributed by atoms with Crippen molar-refractivity contribution in [2.75, 3.05) is 12.4 Å². The van der Waals surface area contributed by atoms with Gasteiger partial charge in [-0.05, 0) is 29.8 Å². The molecule has 0 aliphatic heterocycles. The molecule has 0 aliphatic carbocycles. The maximum Gasteiger partial charge on any atom is 0.416 e. The fourth-order valence-corrected chi connectivity index (χ4v) is 2.18. The van der Waals surface area contributed by atoms with Gasteiger partial charge in [0, 0.05) is 12.2 Å². The van der Waals surface area contributed by atoms with Crippen LogP contribution in [0.5, 0.6) is 5.75 Å². The Kier molecular flexibility index (Phi) is 4.63. The minimum Gasteiger partial charge on any atom is -0.495 e. The molecule has 1 N–H and O–H groups in total. The highest BCUT2D eigenvalue weighted by Crippen LogP contribution is 2.32. The average molecular weight is 316 g/mol. The van der Waals surface area contributed by atoms with Crippen molar-refractivity contribution >= 4 is 17.3 Å². The van der Waals surface area contributed by atoms with E-state index in [2.05, 4.69) is 5.32 Å². The predicted octanol–water partition coefficient (Wildman–Crippen LogP) is 4.98. The number of methoxy groups -OCH3 is 1. The first kappa shape index (κ1) is 15.5. The van der Waals surface area contributed by atoms with Gasteiger partial charge in [0.2, 0.25) is 0 Å². The van der Waals surface area contributed by atoms with E-state index in [4.69, 9.17) is 16.3 Å². The van der Waals surface area contributed by atoms with Crippen LogP contribution in [0.3, 0.4) is 0 Å². The van der Waals surface area contributed by atoms with Gasteiger partial charge in [-0.2, -0.15) is 13.2 Å². The third-order valence-electron chi connectivity index (χ3n) is 2.96. The Morgan fingerprint density at radius 3 is 2.48 bits per heavy atom. The summed E-state index contributed by atoms with van der Waals surface area (Å²) in [4.78, 5) is 0. The summed E-state index contributed by atoms with van der Waals surface area (Å²) in [5, 5.41) is 3.32. The molecule has 0 saturated heterocycles. The van der Waals surface area contributed by atoms with Crippen molar-refractivity contribution < 1.29 is 17.9 Å². The van der Waals surface area contributed by atoms with Crippen LogP contribution in [0.25, 0.3) is 0 Å². The molecule has 6 heteroatoms. The number of rotatable bonds is 4. The number of halogens is 4. The van der Waals surface area contributed by atoms with Gasteiger partial charge in [0.1, 0.15) is 5.75 Å². The first-order valence-corrected chi connectivity index (χ1v) is 6.52. The Morgan fingerprint density at radius 2 is 1.86 bits per heavy atom. The van der Waals surface area contributed by atoms with Crippen LogP contribution in [0.15, 0.2) is 42.5 Å². The zero-order valence-corrected chi connectivity index (χ0v) is 11.9. The molecule has 2 rings (SSSR count). The zero-order valence-electron chi connectivity index (χ0n) is 11.2. The maximum atomic E-state index is 12.9. The molecule has 2 aromatic carbocycles. The van der Waals surface area contributed by atoms with E-state index >= 15 is 0 Å². The first-order chi connectivity index (χ1) is 9.91. The molecule has 0 aromatic heterocycles. The highest BCUT2D eigenvalue weighted by atomic mass is 35.5. The quantitative estimate of drug-likeness (QED) is 0.859. The summed E-state index contributed by atoms with van der Waals surface area (Å²) in [7, 11) is 1.49. The molecule has 0 unspecified atom stereocenters. The topological polar surface area (TPSA) is 21.3 Å². The lowest BCUT2D eigenvalue weighted by atomic mass is 10.1. The Morgan fingerprint density at radius 1 is 1.14 bits per heavy atom. The van der Waals surface area contributed by atoms with Crippen LogP contribution < -0.4 is 10.1 Å². The second-order valence-corrected chi connectivity index (χ2v) is 4.76. The van der Waals surface area contributed by atoms with Crippen LogP contribution in [0.4, 0.5) is 18.9 Å². The summed E-state index contributed by atoms with van der Waals surface area (Å²) < 4.78 is 43.6. The zero-order chi connectivity index (χ0) is 15.5. The molecule has 0 radical (unpaired) electrons. The standard InChI is InChI=1S/C15H13ClF3NO/c1-21-14-7-6-11(8-13(14)16)20-9-10-4-2-3-5-12(10)15(17,18)19/h2-8,20H,9H2,1H3. The van der Waals surface area contributed by atoms with E-state index in [9.17, 15) is 13.2 Å². The number of ether oxygens (including phenoxy) is 1. The number of benzene rings is 2. The molecule has 0 amide bonds. The molecule has 0 bridgehead atoms. The lowest BCUT2D eigenvalue weighted by molar-refractivity contribution is -0.138. The number of hydrogen-bond donors (Lipinski definition) is 1. The summed E-state index contributed by atoms with van der Waals surface area (Å²) in [6, 6.07) is 10.4. The fraction of sp³-hybridized carbons (Fsp3) is 0.200. The van der Waals surface area contributed by atoms with Crippen LogP contribution >= 0.6 is 11.6 Å². The van der Waals surface area contributed by atoms with Crippen molar-refractivity contribution in [3.8, 4) is 5.75 Å². The van der Waals surface area contributed by atoms with Crippen LogP contribution in [0.1, 0.15) is 11.1 Å². The molecule has 0 atom stereocenters. The summed E-state index contributed by atoms with van der Waals surface area (Å²) in [6.07, 6.45) is -4.37. The van der Waals surface area contributed by atoms with Crippen molar-refractivity contribution in [2.45, 2.75) is 12.7 Å². The van der Waals surface area contributed by atoms with Gasteiger partial charge < -0.3 is 10.1 Å². The Labute approximate surface area is 125 Å². The largest absolute Gasteiger partial charge is 0.495 e. The van der Waals surface area contributed by atoms with Crippen molar-refractivity contribution in [1.29, 1.82) is 0 Å². The van der Waals surface area contributed by atoms with Gasteiger partial charge in [0.25, 0.3) is 0 Å². The van der Waals surface area contributed by atoms with E-state index in [0.29, 0.717) is 16.5 Å². The molecule has 0 heterocycles. The summed E-state index contributed by atoms with van der Waals surface area (Å²) in [5.41, 5.74) is 0.159. The van der Waals surface area contributed by atoms with Crippen LogP contribution in [0.2, 0.25) is 5.02 Å². The average Bonchev–Trinajstić information content (AvgIpc) is 2.44. The summed E-state index contributed by atoms with van der Waals surface area (Å²) >= 11 is 5.97. The summed E-state index contributed by atoms with van der Waals surface area (Å²) in [6.45, 7) is 0.0539. The smallest absolute Gasteiger partial charge is 0.416 e. The molecule has 0 spiro atoms. The van der Waals surface area contributed by atoms with E-state index in [0.717, 1.165) is 6.07 Å². The van der Waals surface area contributed by atoms with Crippen LogP contribution in [0, 0.1) is 0 Å². The van der Waals surface area contributed by atoms with E-state index in [-0.39, 0.29) is 12.1 Å². The number of alkyl halides is 3. The second kappa shape index (κ2) is 6.26. The SMILES string of the molecule is COc1ccc(NCc2ccccc2C(F)(F)F)cc1Cl. The van der Waals surface area contributed by atoms with Crippen molar-refractivity contribution in [3.63, 3.8) is 0 Å². The van der Waals surface area contributed by atoms with E-state index < -0.39 is 11.7 Å². The molecule has 0 saturated carbocycles. The molecular weight excluding hydrogens is 303 g/mol. The van der Waals surface area contributed by atoms with Gasteiger partial charge >= 0.3 is 6.18 Å². The normalized spacial score (nSPS) is 11.3.